The SMILES string of the molecule is Cc1ncnc(C(=O)N2CCC3(CC2)c2c(n(CC(O)Nc4ccc(C(F)(F)F)cc4Cl)c4nc(C5=CCOCC5)nn4c2=O)C2CCC23)c1O. The lowest BCUT2D eigenvalue weighted by atomic mass is 9.60. The van der Waals surface area contributed by atoms with Gasteiger partial charge in [0.15, 0.2) is 17.3 Å². The van der Waals surface area contributed by atoms with Crippen molar-refractivity contribution in [1.82, 2.24) is 34.0 Å². The van der Waals surface area contributed by atoms with Gasteiger partial charge in [-0.2, -0.15) is 22.7 Å². The molecule has 4 aromatic rings. The smallest absolute Gasteiger partial charge is 0.416 e. The van der Waals surface area contributed by atoms with E-state index in [2.05, 4.69) is 20.4 Å². The van der Waals surface area contributed by atoms with Crippen LogP contribution in [0.2, 0.25) is 5.02 Å². The maximum absolute atomic E-state index is 14.6. The highest BCUT2D eigenvalue weighted by atomic mass is 35.5. The zero-order chi connectivity index (χ0) is 35.8. The molecule has 5 heterocycles. The maximum atomic E-state index is 14.6. The minimum absolute atomic E-state index is 0.0159. The zero-order valence-electron chi connectivity index (χ0n) is 27.5. The molecule has 3 unspecified atom stereocenters. The molecule has 268 valence electrons. The summed E-state index contributed by atoms with van der Waals surface area (Å²) in [6.07, 6.45) is 0.413. The van der Waals surface area contributed by atoms with Crippen molar-refractivity contribution in [1.29, 1.82) is 0 Å². The van der Waals surface area contributed by atoms with Crippen LogP contribution in [0.25, 0.3) is 11.4 Å². The average Bonchev–Trinajstić information content (AvgIpc) is 3.61. The fourth-order valence-corrected chi connectivity index (χ4v) is 8.59. The topological polar surface area (TPSA) is 160 Å². The standard InChI is InChI=1S/C34H34ClF3N8O5/c1-17-28(48)26(40-16-39-17)31(50)44-10-8-33(9-11-44)21-4-3-20(21)27-25(33)30(49)46-32(42-29(43-46)18-6-12-51-13-7-18)45(27)15-24(47)41-23-5-2-19(14-22(23)35)34(36,37)38/h2,5-6,14,16,20-21,24,41,47-48H,3-4,7-13,15H2,1H3. The molecule has 1 spiro atoms. The summed E-state index contributed by atoms with van der Waals surface area (Å²) in [6, 6.07) is 2.85. The summed E-state index contributed by atoms with van der Waals surface area (Å²) in [7, 11) is 0. The third-order valence-corrected chi connectivity index (χ3v) is 11.3. The predicted octanol–water partition coefficient (Wildman–Crippen LogP) is 4.28. The van der Waals surface area contributed by atoms with E-state index < -0.39 is 29.3 Å². The number of hydrogen-bond donors (Lipinski definition) is 3. The molecule has 3 aromatic heterocycles. The first-order chi connectivity index (χ1) is 24.4. The van der Waals surface area contributed by atoms with Gasteiger partial charge in [-0.3, -0.25) is 9.59 Å². The lowest BCUT2D eigenvalue weighted by Gasteiger charge is -2.47. The summed E-state index contributed by atoms with van der Waals surface area (Å²) in [6.45, 7) is 3.00. The Morgan fingerprint density at radius 1 is 1.22 bits per heavy atom. The van der Waals surface area contributed by atoms with Crippen LogP contribution in [0.3, 0.4) is 0 Å². The number of aliphatic hydroxyl groups excluding tert-OH is 1. The number of aryl methyl sites for hydroxylation is 1. The van der Waals surface area contributed by atoms with Crippen LogP contribution in [0.15, 0.2) is 35.4 Å². The molecular formula is C34H34ClF3N8O5. The van der Waals surface area contributed by atoms with Gasteiger partial charge in [0.25, 0.3) is 11.5 Å². The Balaban J connectivity index is 1.18. The van der Waals surface area contributed by atoms with E-state index in [1.807, 2.05) is 10.6 Å². The number of anilines is 1. The Labute approximate surface area is 293 Å². The van der Waals surface area contributed by atoms with Crippen molar-refractivity contribution in [3.63, 3.8) is 0 Å². The van der Waals surface area contributed by atoms with E-state index in [0.29, 0.717) is 62.6 Å². The number of ether oxygens (including phenoxy) is 1. The number of carbonyl (C=O) groups is 1. The summed E-state index contributed by atoms with van der Waals surface area (Å²) in [5.41, 5.74) is 0.734. The van der Waals surface area contributed by atoms with Crippen LogP contribution in [0.5, 0.6) is 5.75 Å². The normalized spacial score (nSPS) is 21.6. The summed E-state index contributed by atoms with van der Waals surface area (Å²) in [5.74, 6) is 0.0390. The molecule has 0 radical (unpaired) electrons. The fourth-order valence-electron chi connectivity index (χ4n) is 8.36. The van der Waals surface area contributed by atoms with E-state index >= 15 is 0 Å². The Morgan fingerprint density at radius 3 is 2.67 bits per heavy atom. The Morgan fingerprint density at radius 2 is 2.00 bits per heavy atom. The number of piperidine rings is 1. The number of aromatic hydroxyl groups is 1. The third-order valence-electron chi connectivity index (χ3n) is 11.0. The van der Waals surface area contributed by atoms with Crippen LogP contribution >= 0.6 is 11.6 Å². The number of aliphatic hydroxyl groups is 1. The number of likely N-dealkylation sites (tertiary alicyclic amines) is 1. The number of benzene rings is 1. The second kappa shape index (κ2) is 12.3. The first-order valence-corrected chi connectivity index (χ1v) is 17.2. The van der Waals surface area contributed by atoms with Crippen molar-refractivity contribution in [3.8, 4) is 5.75 Å². The van der Waals surface area contributed by atoms with E-state index in [1.54, 1.807) is 11.8 Å². The molecule has 0 bridgehead atoms. The minimum Gasteiger partial charge on any atom is -0.504 e. The molecule has 3 atom stereocenters. The monoisotopic (exact) mass is 726 g/mol. The summed E-state index contributed by atoms with van der Waals surface area (Å²) in [5, 5.41) is 29.2. The maximum Gasteiger partial charge on any atom is 0.416 e. The van der Waals surface area contributed by atoms with Gasteiger partial charge in [-0.05, 0) is 68.7 Å². The molecule has 3 N–H and O–H groups in total. The van der Waals surface area contributed by atoms with Crippen LogP contribution in [0.1, 0.15) is 76.8 Å². The zero-order valence-corrected chi connectivity index (χ0v) is 28.2. The largest absolute Gasteiger partial charge is 0.504 e. The van der Waals surface area contributed by atoms with Crippen LogP contribution in [-0.4, -0.2) is 82.7 Å². The van der Waals surface area contributed by atoms with Gasteiger partial charge in [0.2, 0.25) is 5.78 Å². The van der Waals surface area contributed by atoms with Crippen molar-refractivity contribution in [2.75, 3.05) is 31.6 Å². The van der Waals surface area contributed by atoms with Gasteiger partial charge < -0.3 is 29.7 Å². The number of carbonyl (C=O) groups excluding carboxylic acids is 1. The second-order valence-corrected chi connectivity index (χ2v) is 14.0. The fraction of sp³-hybridized carbons (Fsp3) is 0.471. The summed E-state index contributed by atoms with van der Waals surface area (Å²) in [4.78, 5) is 42.5. The number of halogens is 4. The Bertz CT molecular complexity index is 2160. The summed E-state index contributed by atoms with van der Waals surface area (Å²) < 4.78 is 48.4. The van der Waals surface area contributed by atoms with Gasteiger partial charge in [-0.15, -0.1) is 5.10 Å². The number of hydrogen-bond acceptors (Lipinski definition) is 10. The van der Waals surface area contributed by atoms with Gasteiger partial charge in [0.05, 0.1) is 41.7 Å². The van der Waals surface area contributed by atoms with Crippen molar-refractivity contribution in [3.05, 3.63) is 80.0 Å². The predicted molar refractivity (Wildman–Crippen MR) is 177 cm³/mol. The molecule has 51 heavy (non-hydrogen) atoms. The van der Waals surface area contributed by atoms with Crippen molar-refractivity contribution in [2.45, 2.75) is 69.3 Å². The number of fused-ring (bicyclic) bond motifs is 6. The van der Waals surface area contributed by atoms with E-state index in [-0.39, 0.29) is 51.9 Å². The molecule has 4 aliphatic rings. The molecule has 1 aromatic carbocycles. The molecule has 1 amide bonds. The van der Waals surface area contributed by atoms with Gasteiger partial charge in [0.1, 0.15) is 12.6 Å². The highest BCUT2D eigenvalue weighted by Gasteiger charge is 2.60. The highest BCUT2D eigenvalue weighted by Crippen LogP contribution is 2.63. The van der Waals surface area contributed by atoms with Gasteiger partial charge >= 0.3 is 6.18 Å². The quantitative estimate of drug-likeness (QED) is 0.245. The van der Waals surface area contributed by atoms with Crippen LogP contribution < -0.4 is 10.9 Å². The molecule has 13 nitrogen and oxygen atoms in total. The molecule has 1 saturated heterocycles. The molecule has 2 fully saturated rings. The van der Waals surface area contributed by atoms with Crippen molar-refractivity contribution >= 4 is 34.5 Å². The van der Waals surface area contributed by atoms with Crippen molar-refractivity contribution < 1.29 is 32.9 Å². The van der Waals surface area contributed by atoms with E-state index in [1.165, 1.54) is 16.9 Å². The van der Waals surface area contributed by atoms with Crippen LogP contribution in [-0.2, 0) is 22.9 Å². The van der Waals surface area contributed by atoms with Crippen LogP contribution in [0.4, 0.5) is 18.9 Å². The number of amides is 1. The van der Waals surface area contributed by atoms with E-state index in [4.69, 9.17) is 21.3 Å². The molecule has 17 heteroatoms. The third kappa shape index (κ3) is 5.46. The molecule has 2 aliphatic heterocycles. The average molecular weight is 727 g/mol. The van der Waals surface area contributed by atoms with Gasteiger partial charge in [-0.1, -0.05) is 17.7 Å². The number of nitrogens with zero attached hydrogens (tertiary/aromatic N) is 7. The highest BCUT2D eigenvalue weighted by molar-refractivity contribution is 6.33. The lowest BCUT2D eigenvalue weighted by Crippen LogP contribution is -2.50. The van der Waals surface area contributed by atoms with Gasteiger partial charge in [-0.25, -0.2) is 9.97 Å². The number of nitrogens with one attached hydrogen (secondary N) is 1. The first kappa shape index (κ1) is 33.6. The minimum atomic E-state index is -4.58. The van der Waals surface area contributed by atoms with Crippen LogP contribution in [0, 0.1) is 12.8 Å². The number of alkyl halides is 3. The van der Waals surface area contributed by atoms with E-state index in [0.717, 1.165) is 36.2 Å². The number of rotatable bonds is 6. The van der Waals surface area contributed by atoms with Crippen molar-refractivity contribution in [2.24, 2.45) is 5.92 Å². The lowest BCUT2D eigenvalue weighted by molar-refractivity contribution is -0.137. The Hall–Kier alpha value is -4.54. The molecule has 8 rings (SSSR count). The molecular weight excluding hydrogens is 693 g/mol. The molecule has 1 saturated carbocycles. The number of aromatic nitrogens is 6. The van der Waals surface area contributed by atoms with E-state index in [9.17, 15) is 33.0 Å². The second-order valence-electron chi connectivity index (χ2n) is 13.6. The Kier molecular flexibility index (Phi) is 8.10. The first-order valence-electron chi connectivity index (χ1n) is 16.8. The molecule has 2 aliphatic carbocycles. The van der Waals surface area contributed by atoms with Gasteiger partial charge in [0, 0.05) is 35.7 Å². The summed E-state index contributed by atoms with van der Waals surface area (Å²) >= 11 is 6.21.